The van der Waals surface area contributed by atoms with E-state index < -0.39 is 0 Å². The van der Waals surface area contributed by atoms with Crippen LogP contribution in [-0.2, 0) is 9.59 Å². The van der Waals surface area contributed by atoms with Crippen molar-refractivity contribution in [3.05, 3.63) is 41.7 Å². The zero-order chi connectivity index (χ0) is 22.5. The summed E-state index contributed by atoms with van der Waals surface area (Å²) >= 11 is 0. The Labute approximate surface area is 190 Å². The monoisotopic (exact) mass is 437 g/mol. The number of rotatable bonds is 5. The van der Waals surface area contributed by atoms with E-state index in [9.17, 15) is 9.59 Å². The van der Waals surface area contributed by atoms with E-state index in [0.717, 1.165) is 68.0 Å². The van der Waals surface area contributed by atoms with Crippen LogP contribution in [0.2, 0.25) is 0 Å². The number of hydrogen-bond donors (Lipinski definition) is 1. The maximum atomic E-state index is 13.1. The quantitative estimate of drug-likeness (QED) is 0.775. The molecular weight excluding hydrogens is 402 g/mol. The molecule has 7 nitrogen and oxygen atoms in total. The zero-order valence-corrected chi connectivity index (χ0v) is 19.3. The maximum Gasteiger partial charge on any atom is 0.247 e. The Balaban J connectivity index is 1.39. The number of nitrogens with zero attached hydrogens (tertiary/aromatic N) is 4. The second-order valence-corrected chi connectivity index (χ2v) is 9.16. The first-order chi connectivity index (χ1) is 15.5. The fourth-order valence-electron chi connectivity index (χ4n) is 4.88. The Morgan fingerprint density at radius 1 is 0.969 bits per heavy atom. The molecule has 1 aromatic carbocycles. The van der Waals surface area contributed by atoms with E-state index in [1.165, 1.54) is 12.8 Å². The maximum absolute atomic E-state index is 13.1. The lowest BCUT2D eigenvalue weighted by molar-refractivity contribution is -0.141. The van der Waals surface area contributed by atoms with E-state index in [4.69, 9.17) is 0 Å². The Morgan fingerprint density at radius 3 is 2.31 bits per heavy atom. The largest absolute Gasteiger partial charge is 0.330 e. The van der Waals surface area contributed by atoms with E-state index >= 15 is 0 Å². The van der Waals surface area contributed by atoms with E-state index in [1.54, 1.807) is 0 Å². The number of aryl methyl sites for hydroxylation is 2. The predicted molar refractivity (Wildman–Crippen MR) is 126 cm³/mol. The Hall–Kier alpha value is -2.67. The molecule has 0 unspecified atom stereocenters. The normalized spacial score (nSPS) is 20.1. The highest BCUT2D eigenvalue weighted by Crippen LogP contribution is 2.21. The third-order valence-corrected chi connectivity index (χ3v) is 6.57. The minimum Gasteiger partial charge on any atom is -0.330 e. The average molecular weight is 438 g/mol. The molecule has 0 spiro atoms. The van der Waals surface area contributed by atoms with Crippen molar-refractivity contribution in [2.45, 2.75) is 64.8 Å². The third kappa shape index (κ3) is 5.38. The van der Waals surface area contributed by atoms with Crippen LogP contribution in [0.5, 0.6) is 0 Å². The van der Waals surface area contributed by atoms with Gasteiger partial charge in [0, 0.05) is 17.9 Å². The van der Waals surface area contributed by atoms with Crippen LogP contribution < -0.4 is 5.32 Å². The van der Waals surface area contributed by atoms with Crippen LogP contribution in [0.3, 0.4) is 0 Å². The van der Waals surface area contributed by atoms with Crippen molar-refractivity contribution >= 4 is 17.5 Å². The standard InChI is InChI=1S/C25H35N5O2/c1-19-17-20(2)30(27-19)22-12-10-21(11-13-22)26-25(32)23-9-5-8-16-29(23)24(31)18-28-14-6-3-4-7-15-28/h10-13,17,23H,3-9,14-16,18H2,1-2H3,(H,26,32)/t23-/m1/s1. The number of aromatic nitrogens is 2. The molecule has 0 aliphatic carbocycles. The number of hydrogen-bond acceptors (Lipinski definition) is 4. The number of piperidine rings is 1. The van der Waals surface area contributed by atoms with Crippen molar-refractivity contribution in [1.29, 1.82) is 0 Å². The molecule has 2 aromatic rings. The van der Waals surface area contributed by atoms with Crippen molar-refractivity contribution in [1.82, 2.24) is 19.6 Å². The van der Waals surface area contributed by atoms with Crippen LogP contribution in [-0.4, -0.2) is 63.6 Å². The van der Waals surface area contributed by atoms with Crippen LogP contribution in [0, 0.1) is 13.8 Å². The lowest BCUT2D eigenvalue weighted by Crippen LogP contribution is -2.52. The molecule has 0 bridgehead atoms. The fourth-order valence-corrected chi connectivity index (χ4v) is 4.88. The minimum atomic E-state index is -0.390. The van der Waals surface area contributed by atoms with Gasteiger partial charge in [-0.2, -0.15) is 5.10 Å². The molecule has 3 heterocycles. The molecule has 32 heavy (non-hydrogen) atoms. The van der Waals surface area contributed by atoms with Crippen LogP contribution in [0.1, 0.15) is 56.3 Å². The molecule has 1 atom stereocenters. The Bertz CT molecular complexity index is 928. The molecule has 1 N–H and O–H groups in total. The molecule has 172 valence electrons. The van der Waals surface area contributed by atoms with E-state index in [1.807, 2.05) is 53.8 Å². The number of amides is 2. The number of nitrogens with one attached hydrogen (secondary N) is 1. The molecule has 7 heteroatoms. The van der Waals surface area contributed by atoms with Crippen molar-refractivity contribution in [2.75, 3.05) is 31.5 Å². The molecule has 2 amide bonds. The molecular formula is C25H35N5O2. The van der Waals surface area contributed by atoms with Crippen LogP contribution in [0.4, 0.5) is 5.69 Å². The Morgan fingerprint density at radius 2 is 1.66 bits per heavy atom. The molecule has 2 aliphatic rings. The van der Waals surface area contributed by atoms with Gasteiger partial charge in [0.15, 0.2) is 0 Å². The summed E-state index contributed by atoms with van der Waals surface area (Å²) < 4.78 is 1.89. The summed E-state index contributed by atoms with van der Waals surface area (Å²) in [6.07, 6.45) is 7.47. The zero-order valence-electron chi connectivity index (χ0n) is 19.3. The number of anilines is 1. The third-order valence-electron chi connectivity index (χ3n) is 6.57. The number of carbonyl (C=O) groups excluding carboxylic acids is 2. The predicted octanol–water partition coefficient (Wildman–Crippen LogP) is 3.68. The van der Waals surface area contributed by atoms with E-state index in [-0.39, 0.29) is 17.9 Å². The second kappa shape index (κ2) is 10.3. The van der Waals surface area contributed by atoms with Gasteiger partial charge in [-0.15, -0.1) is 0 Å². The van der Waals surface area contributed by atoms with Gasteiger partial charge in [0.25, 0.3) is 0 Å². The Kier molecular flexibility index (Phi) is 7.25. The van der Waals surface area contributed by atoms with Gasteiger partial charge in [-0.3, -0.25) is 14.5 Å². The van der Waals surface area contributed by atoms with Crippen LogP contribution in [0.15, 0.2) is 30.3 Å². The van der Waals surface area contributed by atoms with Crippen molar-refractivity contribution in [2.24, 2.45) is 0 Å². The van der Waals surface area contributed by atoms with Crippen molar-refractivity contribution < 1.29 is 9.59 Å². The lowest BCUT2D eigenvalue weighted by atomic mass is 10.0. The highest BCUT2D eigenvalue weighted by Gasteiger charge is 2.32. The number of benzene rings is 1. The summed E-state index contributed by atoms with van der Waals surface area (Å²) in [5.74, 6) is -0.000550. The highest BCUT2D eigenvalue weighted by atomic mass is 16.2. The van der Waals surface area contributed by atoms with Crippen molar-refractivity contribution in [3.8, 4) is 5.69 Å². The van der Waals surface area contributed by atoms with Gasteiger partial charge in [-0.25, -0.2) is 4.68 Å². The summed E-state index contributed by atoms with van der Waals surface area (Å²) in [5, 5.41) is 7.54. The van der Waals surface area contributed by atoms with Gasteiger partial charge in [0.05, 0.1) is 17.9 Å². The second-order valence-electron chi connectivity index (χ2n) is 9.16. The van der Waals surface area contributed by atoms with Gasteiger partial charge in [-0.1, -0.05) is 12.8 Å². The summed E-state index contributed by atoms with van der Waals surface area (Å²) in [5.41, 5.74) is 3.74. The summed E-state index contributed by atoms with van der Waals surface area (Å²) in [4.78, 5) is 30.3. The topological polar surface area (TPSA) is 70.5 Å². The minimum absolute atomic E-state index is 0.0895. The van der Waals surface area contributed by atoms with Gasteiger partial charge in [0.2, 0.25) is 11.8 Å². The van der Waals surface area contributed by atoms with E-state index in [2.05, 4.69) is 15.3 Å². The molecule has 1 aromatic heterocycles. The van der Waals surface area contributed by atoms with Gasteiger partial charge >= 0.3 is 0 Å². The number of likely N-dealkylation sites (tertiary alicyclic amines) is 2. The average Bonchev–Trinajstić information content (AvgIpc) is 2.97. The molecule has 2 saturated heterocycles. The molecule has 0 radical (unpaired) electrons. The fraction of sp³-hybridized carbons (Fsp3) is 0.560. The molecule has 4 rings (SSSR count). The van der Waals surface area contributed by atoms with Crippen LogP contribution >= 0.6 is 0 Å². The van der Waals surface area contributed by atoms with Crippen molar-refractivity contribution in [3.63, 3.8) is 0 Å². The first-order valence-electron chi connectivity index (χ1n) is 12.0. The molecule has 0 saturated carbocycles. The summed E-state index contributed by atoms with van der Waals surface area (Å²) in [6.45, 7) is 7.07. The lowest BCUT2D eigenvalue weighted by Gasteiger charge is -2.36. The highest BCUT2D eigenvalue weighted by molar-refractivity contribution is 5.97. The smallest absolute Gasteiger partial charge is 0.247 e. The summed E-state index contributed by atoms with van der Waals surface area (Å²) in [7, 11) is 0. The first-order valence-corrected chi connectivity index (χ1v) is 12.0. The molecule has 2 fully saturated rings. The first kappa shape index (κ1) is 22.5. The van der Waals surface area contributed by atoms with Crippen LogP contribution in [0.25, 0.3) is 5.69 Å². The van der Waals surface area contributed by atoms with Gasteiger partial charge in [0.1, 0.15) is 6.04 Å². The van der Waals surface area contributed by atoms with Gasteiger partial charge < -0.3 is 10.2 Å². The molecule has 2 aliphatic heterocycles. The van der Waals surface area contributed by atoms with Gasteiger partial charge in [-0.05, 0) is 89.4 Å². The number of carbonyl (C=O) groups is 2. The summed E-state index contributed by atoms with van der Waals surface area (Å²) in [6, 6.07) is 9.36. The van der Waals surface area contributed by atoms with E-state index in [0.29, 0.717) is 13.1 Å². The SMILES string of the molecule is Cc1cc(C)n(-c2ccc(NC(=O)[C@H]3CCCCN3C(=O)CN3CCCCCC3)cc2)n1.